The van der Waals surface area contributed by atoms with Gasteiger partial charge in [-0.1, -0.05) is 38.3 Å². The molecular weight excluding hydrogens is 284 g/mol. The first-order valence-electron chi connectivity index (χ1n) is 7.98. The molecule has 0 atom stereocenters. The highest BCUT2D eigenvalue weighted by molar-refractivity contribution is 7.89. The first kappa shape index (κ1) is 16.5. The number of hydrogen-bond donors (Lipinski definition) is 1. The highest BCUT2D eigenvalue weighted by Gasteiger charge is 2.19. The zero-order valence-electron chi connectivity index (χ0n) is 12.8. The average Bonchev–Trinajstić information content (AvgIpc) is 2.49. The van der Waals surface area contributed by atoms with Crippen molar-refractivity contribution < 1.29 is 8.42 Å². The van der Waals surface area contributed by atoms with Crippen LogP contribution in [-0.4, -0.2) is 26.5 Å². The number of hydrogen-bond acceptors (Lipinski definition) is 3. The standard InChI is InChI=1S/C16H26N2O2S/c1-2-3-5-8-15-9-11-16(12-10-15)21(19,20)17-18-13-6-4-7-14-18/h9-12,17H,2-8,13-14H2,1H3. The molecule has 0 bridgehead atoms. The van der Waals surface area contributed by atoms with E-state index in [1.54, 1.807) is 12.1 Å². The van der Waals surface area contributed by atoms with Crippen molar-refractivity contribution in [1.29, 1.82) is 0 Å². The molecule has 0 amide bonds. The van der Waals surface area contributed by atoms with Gasteiger partial charge >= 0.3 is 0 Å². The summed E-state index contributed by atoms with van der Waals surface area (Å²) < 4.78 is 24.6. The number of nitrogens with one attached hydrogen (secondary N) is 1. The quantitative estimate of drug-likeness (QED) is 0.787. The monoisotopic (exact) mass is 310 g/mol. The van der Waals surface area contributed by atoms with E-state index in [1.807, 2.05) is 17.1 Å². The van der Waals surface area contributed by atoms with Crippen molar-refractivity contribution >= 4 is 10.0 Å². The number of benzene rings is 1. The van der Waals surface area contributed by atoms with Crippen LogP contribution in [0.15, 0.2) is 29.2 Å². The lowest BCUT2D eigenvalue weighted by Gasteiger charge is -2.26. The van der Waals surface area contributed by atoms with Crippen molar-refractivity contribution in [2.75, 3.05) is 13.1 Å². The Morgan fingerprint density at radius 3 is 2.33 bits per heavy atom. The van der Waals surface area contributed by atoms with Crippen molar-refractivity contribution in [3.63, 3.8) is 0 Å². The maximum atomic E-state index is 12.3. The smallest absolute Gasteiger partial charge is 0.230 e. The van der Waals surface area contributed by atoms with Gasteiger partial charge in [0.15, 0.2) is 0 Å². The number of unbranched alkanes of at least 4 members (excludes halogenated alkanes) is 2. The van der Waals surface area contributed by atoms with E-state index < -0.39 is 10.0 Å². The molecule has 0 aromatic heterocycles. The Labute approximate surface area is 128 Å². The molecule has 2 rings (SSSR count). The Kier molecular flexibility index (Phi) is 6.21. The molecule has 1 saturated heterocycles. The van der Waals surface area contributed by atoms with Crippen molar-refractivity contribution in [2.24, 2.45) is 0 Å². The molecule has 21 heavy (non-hydrogen) atoms. The van der Waals surface area contributed by atoms with E-state index in [-0.39, 0.29) is 0 Å². The fourth-order valence-electron chi connectivity index (χ4n) is 2.62. The summed E-state index contributed by atoms with van der Waals surface area (Å²) in [6.07, 6.45) is 7.90. The molecule has 1 heterocycles. The van der Waals surface area contributed by atoms with Crippen LogP contribution in [-0.2, 0) is 16.4 Å². The van der Waals surface area contributed by atoms with Gasteiger partial charge in [0.05, 0.1) is 4.90 Å². The molecule has 4 nitrogen and oxygen atoms in total. The summed E-state index contributed by atoms with van der Waals surface area (Å²) in [6, 6.07) is 7.29. The number of piperidine rings is 1. The van der Waals surface area contributed by atoms with Crippen LogP contribution in [0.4, 0.5) is 0 Å². The van der Waals surface area contributed by atoms with E-state index in [4.69, 9.17) is 0 Å². The van der Waals surface area contributed by atoms with Gasteiger partial charge in [-0.25, -0.2) is 13.4 Å². The Bertz CT molecular complexity index is 520. The third kappa shape index (κ3) is 5.09. The fraction of sp³-hybridized carbons (Fsp3) is 0.625. The van der Waals surface area contributed by atoms with Gasteiger partial charge in [0.25, 0.3) is 10.0 Å². The van der Waals surface area contributed by atoms with Gasteiger partial charge in [-0.2, -0.15) is 0 Å². The molecule has 0 aliphatic carbocycles. The van der Waals surface area contributed by atoms with E-state index in [0.29, 0.717) is 4.90 Å². The predicted molar refractivity (Wildman–Crippen MR) is 85.4 cm³/mol. The third-order valence-electron chi connectivity index (χ3n) is 3.91. The molecule has 0 spiro atoms. The second-order valence-corrected chi connectivity index (χ2v) is 7.40. The van der Waals surface area contributed by atoms with Crippen molar-refractivity contribution in [1.82, 2.24) is 9.84 Å². The van der Waals surface area contributed by atoms with Crippen LogP contribution in [0.25, 0.3) is 0 Å². The van der Waals surface area contributed by atoms with Gasteiger partial charge in [0, 0.05) is 13.1 Å². The summed E-state index contributed by atoms with van der Waals surface area (Å²) >= 11 is 0. The van der Waals surface area contributed by atoms with Gasteiger partial charge in [-0.15, -0.1) is 4.83 Å². The molecule has 1 aliphatic rings. The van der Waals surface area contributed by atoms with Crippen LogP contribution in [0, 0.1) is 0 Å². The summed E-state index contributed by atoms with van der Waals surface area (Å²) in [6.45, 7) is 3.78. The minimum Gasteiger partial charge on any atom is -0.230 e. The normalized spacial score (nSPS) is 17.0. The molecular formula is C16H26N2O2S. The molecule has 118 valence electrons. The highest BCUT2D eigenvalue weighted by Crippen LogP contribution is 2.14. The Morgan fingerprint density at radius 2 is 1.71 bits per heavy atom. The second-order valence-electron chi connectivity index (χ2n) is 5.74. The van der Waals surface area contributed by atoms with Crippen LogP contribution in [0.3, 0.4) is 0 Å². The van der Waals surface area contributed by atoms with Gasteiger partial charge in [0.1, 0.15) is 0 Å². The minimum absolute atomic E-state index is 0.354. The van der Waals surface area contributed by atoms with Crippen molar-refractivity contribution in [3.8, 4) is 0 Å². The topological polar surface area (TPSA) is 49.4 Å². The molecule has 0 saturated carbocycles. The van der Waals surface area contributed by atoms with Crippen LogP contribution in [0.1, 0.15) is 51.0 Å². The predicted octanol–water partition coefficient (Wildman–Crippen LogP) is 3.10. The zero-order chi connectivity index (χ0) is 15.1. The Balaban J connectivity index is 1.95. The van der Waals surface area contributed by atoms with E-state index >= 15 is 0 Å². The van der Waals surface area contributed by atoms with Crippen LogP contribution in [0.5, 0.6) is 0 Å². The number of rotatable bonds is 7. The molecule has 1 fully saturated rings. The third-order valence-corrected chi connectivity index (χ3v) is 5.30. The first-order valence-corrected chi connectivity index (χ1v) is 9.46. The lowest BCUT2D eigenvalue weighted by molar-refractivity contribution is 0.200. The summed E-state index contributed by atoms with van der Waals surface area (Å²) in [5.74, 6) is 0. The van der Waals surface area contributed by atoms with E-state index in [1.165, 1.54) is 24.8 Å². The first-order chi connectivity index (χ1) is 10.1. The molecule has 1 aromatic rings. The largest absolute Gasteiger partial charge is 0.253 e. The molecule has 1 aliphatic heterocycles. The summed E-state index contributed by atoms with van der Waals surface area (Å²) in [5, 5.41) is 1.81. The maximum absolute atomic E-state index is 12.3. The Hall–Kier alpha value is -0.910. The summed E-state index contributed by atoms with van der Waals surface area (Å²) in [4.78, 5) is 3.04. The molecule has 1 aromatic carbocycles. The summed E-state index contributed by atoms with van der Waals surface area (Å²) in [5.41, 5.74) is 1.21. The van der Waals surface area contributed by atoms with E-state index in [9.17, 15) is 8.42 Å². The number of hydrazine groups is 1. The number of nitrogens with zero attached hydrogens (tertiary/aromatic N) is 1. The Morgan fingerprint density at radius 1 is 1.05 bits per heavy atom. The lowest BCUT2D eigenvalue weighted by Crippen LogP contribution is -2.44. The highest BCUT2D eigenvalue weighted by atomic mass is 32.2. The van der Waals surface area contributed by atoms with Gasteiger partial charge in [-0.3, -0.25) is 0 Å². The SMILES string of the molecule is CCCCCc1ccc(S(=O)(=O)NN2CCCCC2)cc1. The lowest BCUT2D eigenvalue weighted by atomic mass is 10.1. The second kappa shape index (κ2) is 7.92. The van der Waals surface area contributed by atoms with Crippen LogP contribution < -0.4 is 4.83 Å². The van der Waals surface area contributed by atoms with Crippen LogP contribution in [0.2, 0.25) is 0 Å². The van der Waals surface area contributed by atoms with E-state index in [2.05, 4.69) is 11.8 Å². The molecule has 5 heteroatoms. The van der Waals surface area contributed by atoms with Gasteiger partial charge < -0.3 is 0 Å². The van der Waals surface area contributed by atoms with Crippen molar-refractivity contribution in [2.45, 2.75) is 56.8 Å². The van der Waals surface area contributed by atoms with Crippen LogP contribution >= 0.6 is 0 Å². The fourth-order valence-corrected chi connectivity index (χ4v) is 3.74. The summed E-state index contributed by atoms with van der Waals surface area (Å²) in [7, 11) is -3.43. The van der Waals surface area contributed by atoms with Crippen molar-refractivity contribution in [3.05, 3.63) is 29.8 Å². The molecule has 0 radical (unpaired) electrons. The number of aryl methyl sites for hydroxylation is 1. The maximum Gasteiger partial charge on any atom is 0.253 e. The minimum atomic E-state index is -3.43. The van der Waals surface area contributed by atoms with Gasteiger partial charge in [-0.05, 0) is 43.4 Å². The molecule has 1 N–H and O–H groups in total. The molecule has 0 unspecified atom stereocenters. The average molecular weight is 310 g/mol. The van der Waals surface area contributed by atoms with Gasteiger partial charge in [0.2, 0.25) is 0 Å². The zero-order valence-corrected chi connectivity index (χ0v) is 13.7. The van der Waals surface area contributed by atoms with E-state index in [0.717, 1.165) is 38.8 Å². The number of sulfonamides is 1.